The van der Waals surface area contributed by atoms with Crippen LogP contribution in [0.3, 0.4) is 0 Å². The molecule has 0 saturated heterocycles. The Morgan fingerprint density at radius 1 is 1.23 bits per heavy atom. The minimum absolute atomic E-state index is 0.145. The van der Waals surface area contributed by atoms with Gasteiger partial charge < -0.3 is 14.8 Å². The van der Waals surface area contributed by atoms with E-state index < -0.39 is 28.0 Å². The standard InChI is InChI=1S/C21H33N3O6/c1-7-12-21(18(25)29-8-2,17-10-9-16(14-22-17)24(27)28)13-11-15(3)23-19(26)30-20(4,5)6/h9-10,14-15H,7-8,11-13H2,1-6H3,(H,23,26)/t15-,21?/m0/s1. The number of nitrogens with one attached hydrogen (secondary N) is 1. The van der Waals surface area contributed by atoms with Crippen LogP contribution in [0.1, 0.15) is 72.9 Å². The van der Waals surface area contributed by atoms with E-state index in [9.17, 15) is 19.7 Å². The Hall–Kier alpha value is -2.71. The molecule has 0 aromatic carbocycles. The average Bonchev–Trinajstić information content (AvgIpc) is 2.63. The van der Waals surface area contributed by atoms with Gasteiger partial charge in [-0.25, -0.2) is 4.79 Å². The number of aromatic nitrogens is 1. The second-order valence-corrected chi connectivity index (χ2v) is 8.30. The van der Waals surface area contributed by atoms with Crippen molar-refractivity contribution in [1.29, 1.82) is 0 Å². The van der Waals surface area contributed by atoms with E-state index in [4.69, 9.17) is 9.47 Å². The molecule has 1 unspecified atom stereocenters. The lowest BCUT2D eigenvalue weighted by molar-refractivity contribution is -0.385. The molecule has 0 aliphatic heterocycles. The molecule has 1 aromatic rings. The van der Waals surface area contributed by atoms with Crippen molar-refractivity contribution in [1.82, 2.24) is 10.3 Å². The van der Waals surface area contributed by atoms with Crippen LogP contribution >= 0.6 is 0 Å². The van der Waals surface area contributed by atoms with E-state index in [1.807, 2.05) is 13.8 Å². The van der Waals surface area contributed by atoms with Crippen LogP contribution in [0.5, 0.6) is 0 Å². The first-order valence-corrected chi connectivity index (χ1v) is 10.2. The minimum atomic E-state index is -1.05. The fraction of sp³-hybridized carbons (Fsp3) is 0.667. The van der Waals surface area contributed by atoms with Gasteiger partial charge in [0.2, 0.25) is 0 Å². The topological polar surface area (TPSA) is 121 Å². The summed E-state index contributed by atoms with van der Waals surface area (Å²) in [6.07, 6.45) is 2.61. The number of nitro groups is 1. The predicted octanol–water partition coefficient (Wildman–Crippen LogP) is 4.28. The Morgan fingerprint density at radius 2 is 1.90 bits per heavy atom. The Bertz CT molecular complexity index is 729. The Kier molecular flexibility index (Phi) is 9.20. The first-order chi connectivity index (χ1) is 13.9. The molecule has 168 valence electrons. The van der Waals surface area contributed by atoms with Crippen LogP contribution in [0, 0.1) is 10.1 Å². The third kappa shape index (κ3) is 7.27. The van der Waals surface area contributed by atoms with E-state index >= 15 is 0 Å². The molecule has 0 bridgehead atoms. The number of hydrogen-bond acceptors (Lipinski definition) is 7. The summed E-state index contributed by atoms with van der Waals surface area (Å²) < 4.78 is 10.6. The molecule has 30 heavy (non-hydrogen) atoms. The molecule has 0 aliphatic carbocycles. The minimum Gasteiger partial charge on any atom is -0.465 e. The normalized spacial score (nSPS) is 14.3. The molecule has 1 rings (SSSR count). The first-order valence-electron chi connectivity index (χ1n) is 10.2. The van der Waals surface area contributed by atoms with Crippen molar-refractivity contribution in [2.24, 2.45) is 0 Å². The van der Waals surface area contributed by atoms with Gasteiger partial charge >= 0.3 is 12.1 Å². The van der Waals surface area contributed by atoms with Crippen molar-refractivity contribution in [3.8, 4) is 0 Å². The van der Waals surface area contributed by atoms with Crippen LogP contribution < -0.4 is 5.32 Å². The third-order valence-electron chi connectivity index (χ3n) is 4.56. The van der Waals surface area contributed by atoms with E-state index in [2.05, 4.69) is 10.3 Å². The molecule has 0 aliphatic rings. The smallest absolute Gasteiger partial charge is 0.407 e. The van der Waals surface area contributed by atoms with Crippen molar-refractivity contribution in [2.45, 2.75) is 84.3 Å². The molecule has 0 spiro atoms. The Labute approximate surface area is 177 Å². The summed E-state index contributed by atoms with van der Waals surface area (Å²) in [6.45, 7) is 11.1. The van der Waals surface area contributed by atoms with Gasteiger partial charge in [0.05, 0.1) is 17.2 Å². The van der Waals surface area contributed by atoms with Crippen molar-refractivity contribution in [3.05, 3.63) is 34.1 Å². The molecular weight excluding hydrogens is 390 g/mol. The fourth-order valence-electron chi connectivity index (χ4n) is 3.21. The maximum absolute atomic E-state index is 13.0. The number of hydrogen-bond donors (Lipinski definition) is 1. The summed E-state index contributed by atoms with van der Waals surface area (Å²) in [5.74, 6) is -0.419. The Balaban J connectivity index is 3.09. The van der Waals surface area contributed by atoms with E-state index in [1.54, 1.807) is 27.7 Å². The molecule has 0 fully saturated rings. The highest BCUT2D eigenvalue weighted by Crippen LogP contribution is 2.36. The SMILES string of the molecule is CCCC(CC[C@H](C)NC(=O)OC(C)(C)C)(C(=O)OCC)c1ccc([N+](=O)[O-])cn1. The zero-order valence-electron chi connectivity index (χ0n) is 18.7. The highest BCUT2D eigenvalue weighted by Gasteiger charge is 2.42. The van der Waals surface area contributed by atoms with Crippen molar-refractivity contribution in [2.75, 3.05) is 6.61 Å². The van der Waals surface area contributed by atoms with Gasteiger partial charge in [0.15, 0.2) is 0 Å². The second-order valence-electron chi connectivity index (χ2n) is 8.30. The summed E-state index contributed by atoms with van der Waals surface area (Å²) in [6, 6.07) is 2.59. The fourth-order valence-corrected chi connectivity index (χ4v) is 3.21. The van der Waals surface area contributed by atoms with Crippen LogP contribution in [0.2, 0.25) is 0 Å². The van der Waals surface area contributed by atoms with Crippen LogP contribution in [0.15, 0.2) is 18.3 Å². The van der Waals surface area contributed by atoms with Gasteiger partial charge in [-0.1, -0.05) is 13.3 Å². The summed E-state index contributed by atoms with van der Waals surface area (Å²) in [5, 5.41) is 13.7. The number of carbonyl (C=O) groups excluding carboxylic acids is 2. The summed E-state index contributed by atoms with van der Waals surface area (Å²) in [4.78, 5) is 39.7. The van der Waals surface area contributed by atoms with Gasteiger partial charge in [-0.15, -0.1) is 0 Å². The third-order valence-corrected chi connectivity index (χ3v) is 4.56. The molecule has 2 atom stereocenters. The van der Waals surface area contributed by atoms with Gasteiger partial charge in [-0.3, -0.25) is 19.9 Å². The molecule has 1 aromatic heterocycles. The van der Waals surface area contributed by atoms with E-state index in [1.165, 1.54) is 12.1 Å². The zero-order chi connectivity index (χ0) is 22.9. The lowest BCUT2D eigenvalue weighted by Gasteiger charge is -2.32. The number of nitrogens with zero attached hydrogens (tertiary/aromatic N) is 2. The molecule has 1 N–H and O–H groups in total. The number of esters is 1. The maximum Gasteiger partial charge on any atom is 0.407 e. The van der Waals surface area contributed by atoms with Gasteiger partial charge in [0, 0.05) is 12.1 Å². The monoisotopic (exact) mass is 423 g/mol. The van der Waals surface area contributed by atoms with Gasteiger partial charge in [-0.2, -0.15) is 0 Å². The van der Waals surface area contributed by atoms with Gasteiger partial charge in [0.25, 0.3) is 5.69 Å². The van der Waals surface area contributed by atoms with Crippen LogP contribution in [-0.2, 0) is 19.7 Å². The summed E-state index contributed by atoms with van der Waals surface area (Å²) in [7, 11) is 0. The number of carbonyl (C=O) groups is 2. The summed E-state index contributed by atoms with van der Waals surface area (Å²) >= 11 is 0. The zero-order valence-corrected chi connectivity index (χ0v) is 18.7. The maximum atomic E-state index is 13.0. The molecule has 0 saturated carbocycles. The number of alkyl carbamates (subject to hydrolysis) is 1. The lowest BCUT2D eigenvalue weighted by Crippen LogP contribution is -2.42. The van der Waals surface area contributed by atoms with Crippen LogP contribution in [-0.4, -0.2) is 40.2 Å². The number of pyridine rings is 1. The van der Waals surface area contributed by atoms with Gasteiger partial charge in [0.1, 0.15) is 17.2 Å². The van der Waals surface area contributed by atoms with Crippen LogP contribution in [0.4, 0.5) is 10.5 Å². The second kappa shape index (κ2) is 10.9. The van der Waals surface area contributed by atoms with Crippen molar-refractivity contribution < 1.29 is 24.0 Å². The molecule has 9 heteroatoms. The van der Waals surface area contributed by atoms with E-state index in [0.29, 0.717) is 31.4 Å². The molecular formula is C21H33N3O6. The van der Waals surface area contributed by atoms with Gasteiger partial charge in [-0.05, 0) is 59.9 Å². The quantitative estimate of drug-likeness (QED) is 0.338. The molecule has 9 nitrogen and oxygen atoms in total. The van der Waals surface area contributed by atoms with Crippen molar-refractivity contribution in [3.63, 3.8) is 0 Å². The number of amides is 1. The number of ether oxygens (including phenoxy) is 2. The highest BCUT2D eigenvalue weighted by molar-refractivity contribution is 5.82. The molecule has 1 heterocycles. The number of rotatable bonds is 10. The largest absolute Gasteiger partial charge is 0.465 e. The van der Waals surface area contributed by atoms with E-state index in [-0.39, 0.29) is 18.3 Å². The average molecular weight is 424 g/mol. The Morgan fingerprint density at radius 3 is 2.37 bits per heavy atom. The predicted molar refractivity (Wildman–Crippen MR) is 112 cm³/mol. The first kappa shape index (κ1) is 25.3. The molecule has 1 amide bonds. The summed E-state index contributed by atoms with van der Waals surface area (Å²) in [5.41, 5.74) is -1.38. The van der Waals surface area contributed by atoms with Crippen LogP contribution in [0.25, 0.3) is 0 Å². The van der Waals surface area contributed by atoms with Crippen molar-refractivity contribution >= 4 is 17.7 Å². The van der Waals surface area contributed by atoms with E-state index in [0.717, 1.165) is 6.20 Å². The lowest BCUT2D eigenvalue weighted by atomic mass is 9.75. The molecule has 0 radical (unpaired) electrons. The highest BCUT2D eigenvalue weighted by atomic mass is 16.6.